The van der Waals surface area contributed by atoms with E-state index in [1.54, 1.807) is 13.2 Å². The van der Waals surface area contributed by atoms with Crippen LogP contribution in [0.15, 0.2) is 24.3 Å². The van der Waals surface area contributed by atoms with Crippen molar-refractivity contribution in [3.05, 3.63) is 34.8 Å². The van der Waals surface area contributed by atoms with Crippen molar-refractivity contribution in [3.8, 4) is 11.5 Å². The van der Waals surface area contributed by atoms with Crippen molar-refractivity contribution in [3.63, 3.8) is 0 Å². The summed E-state index contributed by atoms with van der Waals surface area (Å²) >= 11 is 1.38. The number of aryl methyl sites for hydroxylation is 1. The van der Waals surface area contributed by atoms with Crippen molar-refractivity contribution < 1.29 is 14.3 Å². The van der Waals surface area contributed by atoms with Crippen LogP contribution in [0.4, 0.5) is 5.13 Å². The van der Waals surface area contributed by atoms with Gasteiger partial charge in [-0.05, 0) is 31.0 Å². The number of ether oxygens (including phenoxy) is 2. The fraction of sp³-hybridized carbons (Fsp3) is 0.353. The highest BCUT2D eigenvalue weighted by Crippen LogP contribution is 2.28. The largest absolute Gasteiger partial charge is 0.493 e. The van der Waals surface area contributed by atoms with Crippen molar-refractivity contribution in [2.24, 2.45) is 0 Å². The van der Waals surface area contributed by atoms with E-state index in [1.807, 2.05) is 31.2 Å². The van der Waals surface area contributed by atoms with E-state index in [0.717, 1.165) is 23.4 Å². The van der Waals surface area contributed by atoms with Gasteiger partial charge in [0.25, 0.3) is 5.91 Å². The number of amides is 1. The zero-order chi connectivity index (χ0) is 17.4. The van der Waals surface area contributed by atoms with Gasteiger partial charge in [0.2, 0.25) is 5.13 Å². The Kier molecular flexibility index (Phi) is 6.74. The predicted molar refractivity (Wildman–Crippen MR) is 95.7 cm³/mol. The van der Waals surface area contributed by atoms with Gasteiger partial charge in [0, 0.05) is 6.42 Å². The number of hydrogen-bond donors (Lipinski definition) is 1. The van der Waals surface area contributed by atoms with Crippen LogP contribution in [0.2, 0.25) is 0 Å². The summed E-state index contributed by atoms with van der Waals surface area (Å²) in [7, 11) is 1.57. The molecule has 1 amide bonds. The van der Waals surface area contributed by atoms with Gasteiger partial charge in [-0.2, -0.15) is 0 Å². The summed E-state index contributed by atoms with van der Waals surface area (Å²) in [5, 5.41) is 12.1. The number of carbonyl (C=O) groups is 1. The lowest BCUT2D eigenvalue weighted by Crippen LogP contribution is -2.20. The highest BCUT2D eigenvalue weighted by molar-refractivity contribution is 7.15. The van der Waals surface area contributed by atoms with Gasteiger partial charge in [0.1, 0.15) is 5.01 Å². The van der Waals surface area contributed by atoms with Gasteiger partial charge < -0.3 is 9.47 Å². The first kappa shape index (κ1) is 17.9. The second-order valence-corrected chi connectivity index (χ2v) is 6.06. The van der Waals surface area contributed by atoms with Crippen molar-refractivity contribution in [1.82, 2.24) is 10.2 Å². The van der Waals surface area contributed by atoms with Gasteiger partial charge in [-0.25, -0.2) is 0 Å². The first-order chi connectivity index (χ1) is 11.7. The maximum absolute atomic E-state index is 12.0. The molecule has 0 saturated carbocycles. The van der Waals surface area contributed by atoms with Gasteiger partial charge in [-0.1, -0.05) is 36.5 Å². The van der Waals surface area contributed by atoms with Gasteiger partial charge >= 0.3 is 0 Å². The molecular formula is C17H21N3O3S. The maximum atomic E-state index is 12.0. The topological polar surface area (TPSA) is 73.3 Å². The van der Waals surface area contributed by atoms with Crippen LogP contribution in [0.5, 0.6) is 11.5 Å². The summed E-state index contributed by atoms with van der Waals surface area (Å²) in [4.78, 5) is 12.0. The molecule has 0 radical (unpaired) electrons. The summed E-state index contributed by atoms with van der Waals surface area (Å²) in [6, 6.07) is 5.54. The van der Waals surface area contributed by atoms with Crippen molar-refractivity contribution in [1.29, 1.82) is 0 Å². The van der Waals surface area contributed by atoms with Crippen LogP contribution in [-0.4, -0.2) is 29.8 Å². The molecule has 0 aliphatic rings. The quantitative estimate of drug-likeness (QED) is 0.790. The summed E-state index contributed by atoms with van der Waals surface area (Å²) in [6.07, 6.45) is 5.76. The zero-order valence-electron chi connectivity index (χ0n) is 14.0. The molecule has 0 aliphatic heterocycles. The molecule has 24 heavy (non-hydrogen) atoms. The van der Waals surface area contributed by atoms with E-state index in [9.17, 15) is 4.79 Å². The predicted octanol–water partition coefficient (Wildman–Crippen LogP) is 3.55. The SMILES string of the molecule is C/C=C/c1ccc(OCC(=O)Nc2nnc(CCC)s2)c(OC)c1. The lowest BCUT2D eigenvalue weighted by molar-refractivity contribution is -0.118. The number of methoxy groups -OCH3 is 1. The first-order valence-corrected chi connectivity index (χ1v) is 8.53. The molecule has 0 aliphatic carbocycles. The van der Waals surface area contributed by atoms with Crippen molar-refractivity contribution >= 4 is 28.5 Å². The zero-order valence-corrected chi connectivity index (χ0v) is 14.9. The van der Waals surface area contributed by atoms with E-state index >= 15 is 0 Å². The molecule has 1 heterocycles. The Balaban J connectivity index is 1.93. The van der Waals surface area contributed by atoms with Crippen LogP contribution >= 0.6 is 11.3 Å². The van der Waals surface area contributed by atoms with E-state index in [0.29, 0.717) is 16.6 Å². The highest BCUT2D eigenvalue weighted by Gasteiger charge is 2.11. The van der Waals surface area contributed by atoms with Crippen molar-refractivity contribution in [2.45, 2.75) is 26.7 Å². The number of benzene rings is 1. The van der Waals surface area contributed by atoms with Gasteiger partial charge in [0.15, 0.2) is 18.1 Å². The van der Waals surface area contributed by atoms with Crippen LogP contribution < -0.4 is 14.8 Å². The third kappa shape index (κ3) is 5.06. The number of hydrogen-bond acceptors (Lipinski definition) is 6. The summed E-state index contributed by atoms with van der Waals surface area (Å²) < 4.78 is 10.8. The monoisotopic (exact) mass is 347 g/mol. The van der Waals surface area contributed by atoms with Crippen LogP contribution in [0.25, 0.3) is 6.08 Å². The molecule has 7 heteroatoms. The van der Waals surface area contributed by atoms with Crippen molar-refractivity contribution in [2.75, 3.05) is 19.0 Å². The molecular weight excluding hydrogens is 326 g/mol. The molecule has 0 fully saturated rings. The number of rotatable bonds is 8. The second kappa shape index (κ2) is 9.02. The standard InChI is InChI=1S/C17H21N3O3S/c1-4-6-12-8-9-13(14(10-12)22-3)23-11-15(21)18-17-20-19-16(24-17)7-5-2/h4,6,8-10H,5,7,11H2,1-3H3,(H,18,20,21)/b6-4+. The smallest absolute Gasteiger partial charge is 0.264 e. The van der Waals surface area contributed by atoms with Crippen LogP contribution in [0, 0.1) is 0 Å². The number of carbonyl (C=O) groups excluding carboxylic acids is 1. The third-order valence-electron chi connectivity index (χ3n) is 3.08. The van der Waals surface area contributed by atoms with Gasteiger partial charge in [-0.15, -0.1) is 10.2 Å². The Bertz CT molecular complexity index is 713. The minimum atomic E-state index is -0.284. The Morgan fingerprint density at radius 2 is 2.17 bits per heavy atom. The molecule has 128 valence electrons. The number of nitrogens with one attached hydrogen (secondary N) is 1. The lowest BCUT2D eigenvalue weighted by Gasteiger charge is -2.10. The number of aromatic nitrogens is 2. The molecule has 0 saturated heterocycles. The average molecular weight is 347 g/mol. The molecule has 2 aromatic rings. The van der Waals surface area contributed by atoms with E-state index in [2.05, 4.69) is 22.4 Å². The Hall–Kier alpha value is -2.41. The normalized spacial score (nSPS) is 10.8. The summed E-state index contributed by atoms with van der Waals surface area (Å²) in [5.41, 5.74) is 1.00. The maximum Gasteiger partial charge on any atom is 0.264 e. The van der Waals surface area contributed by atoms with Gasteiger partial charge in [-0.3, -0.25) is 10.1 Å². The van der Waals surface area contributed by atoms with Crippen LogP contribution in [-0.2, 0) is 11.2 Å². The molecule has 0 bridgehead atoms. The van der Waals surface area contributed by atoms with Crippen LogP contribution in [0.3, 0.4) is 0 Å². The number of anilines is 1. The Labute approximate surface area is 145 Å². The molecule has 2 rings (SSSR count). The fourth-order valence-corrected chi connectivity index (χ4v) is 2.87. The molecule has 0 unspecified atom stereocenters. The molecule has 1 N–H and O–H groups in total. The minimum absolute atomic E-state index is 0.123. The lowest BCUT2D eigenvalue weighted by atomic mass is 10.2. The number of nitrogens with zero attached hydrogens (tertiary/aromatic N) is 2. The number of allylic oxidation sites excluding steroid dienone is 1. The fourth-order valence-electron chi connectivity index (χ4n) is 2.02. The first-order valence-electron chi connectivity index (χ1n) is 7.72. The second-order valence-electron chi connectivity index (χ2n) is 5.00. The van der Waals surface area contributed by atoms with E-state index < -0.39 is 0 Å². The summed E-state index contributed by atoms with van der Waals surface area (Å²) in [6.45, 7) is 3.89. The average Bonchev–Trinajstić information content (AvgIpc) is 3.01. The molecule has 1 aromatic heterocycles. The molecule has 0 atom stereocenters. The molecule has 0 spiro atoms. The van der Waals surface area contributed by atoms with E-state index in [1.165, 1.54) is 11.3 Å². The van der Waals surface area contributed by atoms with Gasteiger partial charge in [0.05, 0.1) is 7.11 Å². The highest BCUT2D eigenvalue weighted by atomic mass is 32.1. The molecule has 6 nitrogen and oxygen atoms in total. The van der Waals surface area contributed by atoms with E-state index in [4.69, 9.17) is 9.47 Å². The van der Waals surface area contributed by atoms with E-state index in [-0.39, 0.29) is 12.5 Å². The Morgan fingerprint density at radius 3 is 2.88 bits per heavy atom. The summed E-state index contributed by atoms with van der Waals surface area (Å²) in [5.74, 6) is 0.818. The molecule has 1 aromatic carbocycles. The Morgan fingerprint density at radius 1 is 1.33 bits per heavy atom. The van der Waals surface area contributed by atoms with Crippen LogP contribution in [0.1, 0.15) is 30.8 Å². The minimum Gasteiger partial charge on any atom is -0.493 e. The third-order valence-corrected chi connectivity index (χ3v) is 3.98.